The Hall–Kier alpha value is -5.96. The van der Waals surface area contributed by atoms with Gasteiger partial charge in [0.1, 0.15) is 41.3 Å². The van der Waals surface area contributed by atoms with E-state index in [0.29, 0.717) is 28.1 Å². The second-order valence-electron chi connectivity index (χ2n) is 14.4. The number of benzene rings is 3. The Kier molecular flexibility index (Phi) is 10.9. The number of amides is 4. The van der Waals surface area contributed by atoms with Crippen LogP contribution in [0.25, 0.3) is 22.2 Å². The highest BCUT2D eigenvalue weighted by molar-refractivity contribution is 7.90. The zero-order valence-electron chi connectivity index (χ0n) is 30.9. The maximum Gasteiger partial charge on any atom is 0.408 e. The lowest BCUT2D eigenvalue weighted by atomic mass is 10.1. The number of likely N-dealkylation sites (tertiary alicyclic amines) is 1. The van der Waals surface area contributed by atoms with Gasteiger partial charge in [0.2, 0.25) is 11.8 Å². The maximum absolute atomic E-state index is 14.2. The number of nitrogens with zero attached hydrogens (tertiary/aromatic N) is 2. The molecule has 1 aliphatic carbocycles. The monoisotopic (exact) mass is 769 g/mol. The van der Waals surface area contributed by atoms with Crippen LogP contribution in [0.3, 0.4) is 0 Å². The number of carbonyl (C=O) groups excluding carboxylic acids is 4. The lowest BCUT2D eigenvalue weighted by Gasteiger charge is -2.27. The second-order valence-corrected chi connectivity index (χ2v) is 16.1. The third-order valence-corrected chi connectivity index (χ3v) is 10.7. The van der Waals surface area contributed by atoms with Crippen molar-refractivity contribution in [3.63, 3.8) is 0 Å². The summed E-state index contributed by atoms with van der Waals surface area (Å²) in [5.41, 5.74) is -0.383. The largest absolute Gasteiger partial charge is 0.497 e. The first-order valence-electron chi connectivity index (χ1n) is 17.7. The number of alkyl carbamates (subject to hydrolysis) is 1. The van der Waals surface area contributed by atoms with E-state index in [2.05, 4.69) is 21.9 Å². The fourth-order valence-electron chi connectivity index (χ4n) is 6.52. The van der Waals surface area contributed by atoms with Crippen LogP contribution in [-0.2, 0) is 29.1 Å². The van der Waals surface area contributed by atoms with Gasteiger partial charge in [-0.3, -0.25) is 14.4 Å². The minimum atomic E-state index is -4.27. The molecule has 3 aromatic carbocycles. The van der Waals surface area contributed by atoms with E-state index in [4.69, 9.17) is 19.2 Å². The van der Waals surface area contributed by atoms with Gasteiger partial charge in [-0.2, -0.15) is 0 Å². The van der Waals surface area contributed by atoms with Crippen LogP contribution in [0.2, 0.25) is 0 Å². The Morgan fingerprint density at radius 2 is 1.69 bits per heavy atom. The molecule has 288 valence electrons. The van der Waals surface area contributed by atoms with Crippen LogP contribution in [0.15, 0.2) is 102 Å². The van der Waals surface area contributed by atoms with E-state index in [0.717, 1.165) is 5.56 Å². The third-order valence-electron chi connectivity index (χ3n) is 9.34. The molecule has 0 unspecified atom stereocenters. The average Bonchev–Trinajstić information content (AvgIpc) is 3.72. The number of carbonyl (C=O) groups is 4. The summed E-state index contributed by atoms with van der Waals surface area (Å²) < 4.78 is 45.5. The van der Waals surface area contributed by atoms with Crippen molar-refractivity contribution >= 4 is 44.7 Å². The topological polar surface area (TPSA) is 182 Å². The van der Waals surface area contributed by atoms with E-state index in [1.54, 1.807) is 52.1 Å². The Balaban J connectivity index is 1.28. The maximum atomic E-state index is 14.2. The number of rotatable bonds is 12. The first-order chi connectivity index (χ1) is 26.1. The van der Waals surface area contributed by atoms with Crippen LogP contribution in [0, 0.1) is 5.92 Å². The number of hydrogen-bond donors (Lipinski definition) is 3. The Labute approximate surface area is 319 Å². The molecule has 4 amide bonds. The Morgan fingerprint density at radius 1 is 1.00 bits per heavy atom. The van der Waals surface area contributed by atoms with Gasteiger partial charge in [0, 0.05) is 35.4 Å². The molecule has 0 bridgehead atoms. The normalized spacial score (nSPS) is 20.6. The highest BCUT2D eigenvalue weighted by Crippen LogP contribution is 2.45. The minimum Gasteiger partial charge on any atom is -0.497 e. The lowest BCUT2D eigenvalue weighted by Crippen LogP contribution is -2.57. The predicted octanol–water partition coefficient (Wildman–Crippen LogP) is 4.35. The van der Waals surface area contributed by atoms with Gasteiger partial charge in [-0.1, -0.05) is 54.6 Å². The molecule has 4 atom stereocenters. The zero-order valence-corrected chi connectivity index (χ0v) is 31.7. The summed E-state index contributed by atoms with van der Waals surface area (Å²) in [6.45, 7) is 8.27. The van der Waals surface area contributed by atoms with E-state index in [1.807, 2.05) is 36.4 Å². The molecule has 1 aliphatic heterocycles. The quantitative estimate of drug-likeness (QED) is 0.175. The molecule has 0 radical (unpaired) electrons. The van der Waals surface area contributed by atoms with Gasteiger partial charge in [-0.05, 0) is 51.5 Å². The van der Waals surface area contributed by atoms with Crippen molar-refractivity contribution in [3.05, 3.63) is 97.6 Å². The number of fused-ring (bicyclic) bond motifs is 1. The Morgan fingerprint density at radius 3 is 2.33 bits per heavy atom. The van der Waals surface area contributed by atoms with Gasteiger partial charge >= 0.3 is 6.09 Å². The highest BCUT2D eigenvalue weighted by atomic mass is 32.2. The molecule has 2 heterocycles. The first kappa shape index (κ1) is 38.8. The number of pyridine rings is 1. The molecule has 3 N–H and O–H groups in total. The van der Waals surface area contributed by atoms with Gasteiger partial charge in [-0.15, -0.1) is 6.58 Å². The summed E-state index contributed by atoms with van der Waals surface area (Å²) in [6.07, 6.45) is 0.0206. The van der Waals surface area contributed by atoms with E-state index in [9.17, 15) is 27.6 Å². The molecular formula is C40H43N5O9S. The van der Waals surface area contributed by atoms with E-state index < -0.39 is 69.6 Å². The Bertz CT molecular complexity index is 2230. The summed E-state index contributed by atoms with van der Waals surface area (Å²) in [4.78, 5) is 60.0. The molecule has 2 fully saturated rings. The van der Waals surface area contributed by atoms with Gasteiger partial charge in [0.25, 0.3) is 15.9 Å². The fourth-order valence-corrected chi connectivity index (χ4v) is 7.58. The van der Waals surface area contributed by atoms with Crippen molar-refractivity contribution in [2.45, 2.75) is 61.8 Å². The lowest BCUT2D eigenvalue weighted by molar-refractivity contribution is -0.139. The van der Waals surface area contributed by atoms with Crippen LogP contribution < -0.4 is 24.8 Å². The highest BCUT2D eigenvalue weighted by Gasteiger charge is 2.61. The number of methoxy groups -OCH3 is 1. The molecule has 1 saturated carbocycles. The van der Waals surface area contributed by atoms with Crippen LogP contribution in [0.5, 0.6) is 11.5 Å². The number of nitrogens with one attached hydrogen (secondary N) is 3. The number of aromatic nitrogens is 1. The molecule has 55 heavy (non-hydrogen) atoms. The molecular weight excluding hydrogens is 727 g/mol. The molecule has 0 spiro atoms. The third kappa shape index (κ3) is 8.72. The van der Waals surface area contributed by atoms with Crippen molar-refractivity contribution in [3.8, 4) is 22.8 Å². The predicted molar refractivity (Wildman–Crippen MR) is 203 cm³/mol. The average molecular weight is 770 g/mol. The summed E-state index contributed by atoms with van der Waals surface area (Å²) in [7, 11) is -2.71. The minimum absolute atomic E-state index is 0.00339. The van der Waals surface area contributed by atoms with Crippen molar-refractivity contribution in [1.82, 2.24) is 25.2 Å². The van der Waals surface area contributed by atoms with Crippen molar-refractivity contribution in [2.24, 2.45) is 5.92 Å². The second kappa shape index (κ2) is 15.4. The van der Waals surface area contributed by atoms with Gasteiger partial charge in [-0.25, -0.2) is 22.9 Å². The number of ether oxygens (including phenoxy) is 3. The molecule has 1 aromatic heterocycles. The summed E-state index contributed by atoms with van der Waals surface area (Å²) >= 11 is 0. The van der Waals surface area contributed by atoms with Gasteiger partial charge in [0.05, 0.1) is 29.8 Å². The molecule has 4 aromatic rings. The summed E-state index contributed by atoms with van der Waals surface area (Å²) in [5, 5.41) is 5.86. The van der Waals surface area contributed by atoms with Gasteiger partial charge < -0.3 is 29.7 Å². The van der Waals surface area contributed by atoms with Crippen LogP contribution >= 0.6 is 0 Å². The van der Waals surface area contributed by atoms with E-state index in [-0.39, 0.29) is 24.3 Å². The van der Waals surface area contributed by atoms with Crippen molar-refractivity contribution in [2.75, 3.05) is 20.2 Å². The van der Waals surface area contributed by atoms with E-state index in [1.165, 1.54) is 35.2 Å². The zero-order chi connectivity index (χ0) is 39.5. The first-order valence-corrected chi connectivity index (χ1v) is 19.1. The molecule has 1 saturated heterocycles. The van der Waals surface area contributed by atoms with Crippen LogP contribution in [-0.4, -0.2) is 85.6 Å². The molecule has 6 rings (SSSR count). The smallest absolute Gasteiger partial charge is 0.408 e. The standard InChI is InChI=1S/C40H43N5O9S/c1-6-26-22-40(26,37(48)44-55(50,51)29-15-11-8-12-16-29)43-36(47)33-20-28(24-45(33)35(46)23-41-38(49)54-39(2,3)4)53-34-21-31(25-13-9-7-10-14-25)42-32-19-27(52-5)17-18-30(32)34/h6-19,21,26,28,33H,1,20,22-24H2,2-5H3,(H,41,49)(H,43,47)(H,44,48)/t26-,28-,33+,40-/m1/s1. The van der Waals surface area contributed by atoms with Crippen molar-refractivity contribution in [1.29, 1.82) is 0 Å². The summed E-state index contributed by atoms with van der Waals surface area (Å²) in [6, 6.07) is 22.9. The van der Waals surface area contributed by atoms with E-state index >= 15 is 0 Å². The molecule has 14 nitrogen and oxygen atoms in total. The molecule has 15 heteroatoms. The fraction of sp³-hybridized carbons (Fsp3) is 0.325. The molecule has 2 aliphatic rings. The van der Waals surface area contributed by atoms with Crippen molar-refractivity contribution < 1.29 is 41.8 Å². The number of sulfonamides is 1. The number of hydrogen-bond acceptors (Lipinski definition) is 10. The summed E-state index contributed by atoms with van der Waals surface area (Å²) in [5.74, 6) is -1.78. The van der Waals surface area contributed by atoms with Crippen LogP contribution in [0.1, 0.15) is 33.6 Å². The van der Waals surface area contributed by atoms with Crippen LogP contribution in [0.4, 0.5) is 4.79 Å². The van der Waals surface area contributed by atoms with Gasteiger partial charge in [0.15, 0.2) is 0 Å². The SMILES string of the molecule is C=C[C@@H]1C[C@]1(NC(=O)[C@@H]1C[C@@H](Oc2cc(-c3ccccc3)nc3cc(OC)ccc23)CN1C(=O)CNC(=O)OC(C)(C)C)C(=O)NS(=O)(=O)c1ccccc1.